The number of carbonyl (C=O) groups is 2. The van der Waals surface area contributed by atoms with Crippen LogP contribution in [0.5, 0.6) is 0 Å². The van der Waals surface area contributed by atoms with Gasteiger partial charge in [0.1, 0.15) is 12.1 Å². The van der Waals surface area contributed by atoms with Crippen molar-refractivity contribution in [2.24, 2.45) is 0 Å². The number of benzene rings is 2. The van der Waals surface area contributed by atoms with E-state index in [1.54, 1.807) is 24.3 Å². The van der Waals surface area contributed by atoms with Crippen LogP contribution in [-0.2, 0) is 16.1 Å². The first kappa shape index (κ1) is 20.3. The lowest BCUT2D eigenvalue weighted by atomic mass is 10.2. The number of methoxy groups -OCH3 is 1. The molecule has 0 aliphatic heterocycles. The number of hydrogen-bond acceptors (Lipinski definition) is 6. The van der Waals surface area contributed by atoms with Gasteiger partial charge in [0, 0.05) is 10.5 Å². The number of esters is 2. The maximum Gasteiger partial charge on any atom is 0.406 e. The Balaban J connectivity index is 2.03. The van der Waals surface area contributed by atoms with Gasteiger partial charge < -0.3 is 14.7 Å². The number of carbonyl (C=O) groups excluding carboxylic acids is 2. The summed E-state index contributed by atoms with van der Waals surface area (Å²) >= 11 is 15.2. The second kappa shape index (κ2) is 8.30. The third kappa shape index (κ3) is 3.89. The molecule has 0 unspecified atom stereocenters. The van der Waals surface area contributed by atoms with Crippen molar-refractivity contribution in [1.29, 1.82) is 0 Å². The molecule has 0 aliphatic rings. The van der Waals surface area contributed by atoms with Crippen molar-refractivity contribution in [2.45, 2.75) is 6.61 Å². The summed E-state index contributed by atoms with van der Waals surface area (Å²) in [7, 11) is 1.12. The topological polar surface area (TPSA) is 92.4 Å². The molecule has 0 spiro atoms. The molecule has 0 radical (unpaired) electrons. The second-order valence-electron chi connectivity index (χ2n) is 5.50. The number of aromatic nitrogens is 2. The fourth-order valence-electron chi connectivity index (χ4n) is 2.45. The first-order valence-corrected chi connectivity index (χ1v) is 9.29. The van der Waals surface area contributed by atoms with Gasteiger partial charge in [-0.3, -0.25) is 0 Å². The van der Waals surface area contributed by atoms with Gasteiger partial charge in [-0.15, -0.1) is 0 Å². The van der Waals surface area contributed by atoms with Crippen LogP contribution >= 0.6 is 39.1 Å². The second-order valence-corrected chi connectivity index (χ2v) is 7.17. The maximum atomic E-state index is 12.7. The van der Waals surface area contributed by atoms with E-state index in [1.165, 1.54) is 12.1 Å². The number of rotatable bonds is 4. The van der Waals surface area contributed by atoms with Gasteiger partial charge in [-0.25, -0.2) is 14.6 Å². The molecule has 0 aliphatic carbocycles. The van der Waals surface area contributed by atoms with Gasteiger partial charge in [-0.2, -0.15) is 4.73 Å². The highest BCUT2D eigenvalue weighted by molar-refractivity contribution is 9.10. The Hall–Kier alpha value is -2.42. The highest BCUT2D eigenvalue weighted by atomic mass is 79.9. The summed E-state index contributed by atoms with van der Waals surface area (Å²) < 4.78 is 10.8. The van der Waals surface area contributed by atoms with Crippen LogP contribution in [0.15, 0.2) is 40.9 Å². The lowest BCUT2D eigenvalue weighted by molar-refractivity contribution is -0.581. The molecular formula is C18H11BrCl2N2O5. The third-order valence-electron chi connectivity index (χ3n) is 3.78. The van der Waals surface area contributed by atoms with E-state index >= 15 is 0 Å². The minimum Gasteiger partial charge on any atom is -0.618 e. The summed E-state index contributed by atoms with van der Waals surface area (Å²) in [6.07, 6.45) is 0. The molecule has 2 aromatic carbocycles. The molecule has 0 fully saturated rings. The van der Waals surface area contributed by atoms with Gasteiger partial charge in [0.2, 0.25) is 5.52 Å². The minimum atomic E-state index is -0.928. The van der Waals surface area contributed by atoms with Crippen LogP contribution in [-0.4, -0.2) is 24.0 Å². The molecular weight excluding hydrogens is 475 g/mol. The zero-order valence-electron chi connectivity index (χ0n) is 14.2. The van der Waals surface area contributed by atoms with Crippen molar-refractivity contribution in [1.82, 2.24) is 4.98 Å². The van der Waals surface area contributed by atoms with Crippen molar-refractivity contribution < 1.29 is 23.8 Å². The fourth-order valence-corrected chi connectivity index (χ4v) is 3.21. The molecule has 0 saturated carbocycles. The minimum absolute atomic E-state index is 0.0238. The van der Waals surface area contributed by atoms with E-state index in [0.717, 1.165) is 7.11 Å². The highest BCUT2D eigenvalue weighted by Crippen LogP contribution is 2.26. The molecule has 0 N–H and O–H groups in total. The van der Waals surface area contributed by atoms with E-state index in [4.69, 9.17) is 27.9 Å². The van der Waals surface area contributed by atoms with Crippen LogP contribution in [0.4, 0.5) is 0 Å². The third-order valence-corrected chi connectivity index (χ3v) is 5.19. The Morgan fingerprint density at radius 3 is 2.54 bits per heavy atom. The van der Waals surface area contributed by atoms with Crippen LogP contribution < -0.4 is 4.73 Å². The van der Waals surface area contributed by atoms with E-state index in [-0.39, 0.29) is 32.3 Å². The Morgan fingerprint density at radius 1 is 1.18 bits per heavy atom. The van der Waals surface area contributed by atoms with Crippen molar-refractivity contribution in [3.05, 3.63) is 73.1 Å². The summed E-state index contributed by atoms with van der Waals surface area (Å²) in [6, 6.07) is 9.35. The van der Waals surface area contributed by atoms with Gasteiger partial charge >= 0.3 is 17.6 Å². The first-order valence-electron chi connectivity index (χ1n) is 7.74. The van der Waals surface area contributed by atoms with Gasteiger partial charge in [0.25, 0.3) is 0 Å². The van der Waals surface area contributed by atoms with Crippen LogP contribution in [0.2, 0.25) is 10.0 Å². The molecule has 0 saturated heterocycles. The molecule has 3 rings (SSSR count). The van der Waals surface area contributed by atoms with Gasteiger partial charge in [-0.05, 0) is 34.1 Å². The summed E-state index contributed by atoms with van der Waals surface area (Å²) in [6.45, 7) is -0.428. The maximum absolute atomic E-state index is 12.7. The van der Waals surface area contributed by atoms with Crippen LogP contribution in [0, 0.1) is 5.21 Å². The predicted octanol–water partition coefficient (Wildman–Crippen LogP) is 4.08. The van der Waals surface area contributed by atoms with E-state index in [0.29, 0.717) is 9.20 Å². The zero-order chi connectivity index (χ0) is 20.4. The fraction of sp³-hybridized carbons (Fsp3) is 0.111. The average Bonchev–Trinajstić information content (AvgIpc) is 2.67. The van der Waals surface area contributed by atoms with Crippen molar-refractivity contribution in [3.8, 4) is 0 Å². The number of ether oxygens (including phenoxy) is 2. The van der Waals surface area contributed by atoms with Crippen molar-refractivity contribution in [2.75, 3.05) is 7.11 Å². The Morgan fingerprint density at radius 2 is 1.86 bits per heavy atom. The number of nitrogens with zero attached hydrogens (tertiary/aromatic N) is 2. The van der Waals surface area contributed by atoms with Crippen molar-refractivity contribution in [3.63, 3.8) is 0 Å². The molecule has 1 aromatic heterocycles. The standard InChI is InChI=1S/C18H11BrCl2N2O5/c1-27-18(25)16-14(8-28-17(24)9-4-2-3-5-10(9)19)22-13-6-11(20)12(21)7-15(13)23(16)26/h2-7H,8H2,1H3. The van der Waals surface area contributed by atoms with Crippen LogP contribution in [0.1, 0.15) is 26.5 Å². The van der Waals surface area contributed by atoms with E-state index in [9.17, 15) is 14.8 Å². The molecule has 144 valence electrons. The zero-order valence-corrected chi connectivity index (χ0v) is 17.3. The van der Waals surface area contributed by atoms with E-state index < -0.39 is 24.2 Å². The largest absolute Gasteiger partial charge is 0.618 e. The Kier molecular flexibility index (Phi) is 6.02. The van der Waals surface area contributed by atoms with Crippen LogP contribution in [0.3, 0.4) is 0 Å². The number of halogens is 3. The lowest BCUT2D eigenvalue weighted by Crippen LogP contribution is -2.38. The van der Waals surface area contributed by atoms with E-state index in [2.05, 4.69) is 25.7 Å². The molecule has 0 bridgehead atoms. The predicted molar refractivity (Wildman–Crippen MR) is 105 cm³/mol. The Bertz CT molecular complexity index is 1110. The normalized spacial score (nSPS) is 10.7. The SMILES string of the molecule is COC(=O)c1c(COC(=O)c2ccccc2Br)nc2cc(Cl)c(Cl)cc2[n+]1[O-]. The number of fused-ring (bicyclic) bond motifs is 1. The van der Waals surface area contributed by atoms with Crippen LogP contribution in [0.25, 0.3) is 11.0 Å². The monoisotopic (exact) mass is 484 g/mol. The summed E-state index contributed by atoms with van der Waals surface area (Å²) in [4.78, 5) is 28.7. The Labute approximate surface area is 177 Å². The molecule has 0 amide bonds. The first-order chi connectivity index (χ1) is 13.3. The van der Waals surface area contributed by atoms with E-state index in [1.807, 2.05) is 0 Å². The molecule has 7 nitrogen and oxygen atoms in total. The lowest BCUT2D eigenvalue weighted by Gasteiger charge is -2.12. The average molecular weight is 486 g/mol. The summed E-state index contributed by atoms with van der Waals surface area (Å²) in [5.41, 5.74) is 0.00821. The molecule has 0 atom stereocenters. The van der Waals surface area contributed by atoms with Gasteiger partial charge in [-0.1, -0.05) is 35.3 Å². The number of hydrogen-bond donors (Lipinski definition) is 0. The molecule has 10 heteroatoms. The molecule has 1 heterocycles. The molecule has 3 aromatic rings. The summed E-state index contributed by atoms with van der Waals surface area (Å²) in [5.74, 6) is -1.58. The van der Waals surface area contributed by atoms with Gasteiger partial charge in [0.15, 0.2) is 5.69 Å². The van der Waals surface area contributed by atoms with Gasteiger partial charge in [0.05, 0.1) is 22.7 Å². The summed E-state index contributed by atoms with van der Waals surface area (Å²) in [5, 5.41) is 13.0. The van der Waals surface area contributed by atoms with Crippen molar-refractivity contribution >= 4 is 62.1 Å². The highest BCUT2D eigenvalue weighted by Gasteiger charge is 2.28. The smallest absolute Gasteiger partial charge is 0.406 e. The quantitative estimate of drug-likeness (QED) is 0.314. The molecule has 28 heavy (non-hydrogen) atoms.